The Morgan fingerprint density at radius 1 is 1.04 bits per heavy atom. The molecular formula is C17H17N3OS2. The second-order valence-electron chi connectivity index (χ2n) is 4.86. The quantitative estimate of drug-likeness (QED) is 0.687. The van der Waals surface area contributed by atoms with E-state index in [0.717, 1.165) is 17.5 Å². The van der Waals surface area contributed by atoms with Gasteiger partial charge in [-0.3, -0.25) is 0 Å². The average Bonchev–Trinajstić information content (AvgIpc) is 3.03. The Morgan fingerprint density at radius 2 is 1.78 bits per heavy atom. The van der Waals surface area contributed by atoms with Gasteiger partial charge in [-0.15, -0.1) is 0 Å². The summed E-state index contributed by atoms with van der Waals surface area (Å²) in [6, 6.07) is 18.9. The van der Waals surface area contributed by atoms with Crippen molar-refractivity contribution in [1.82, 2.24) is 9.36 Å². The van der Waals surface area contributed by atoms with Crippen molar-refractivity contribution in [2.45, 2.75) is 22.9 Å². The zero-order chi connectivity index (χ0) is 15.9. The van der Waals surface area contributed by atoms with Gasteiger partial charge in [-0.2, -0.15) is 4.37 Å². The maximum Gasteiger partial charge on any atom is 0.202 e. The molecule has 23 heavy (non-hydrogen) atoms. The van der Waals surface area contributed by atoms with Crippen LogP contribution in [-0.4, -0.2) is 16.5 Å². The van der Waals surface area contributed by atoms with Crippen molar-refractivity contribution in [2.75, 3.05) is 12.4 Å². The van der Waals surface area contributed by atoms with Gasteiger partial charge in [-0.05, 0) is 29.8 Å². The zero-order valence-electron chi connectivity index (χ0n) is 12.7. The Kier molecular flexibility index (Phi) is 5.63. The van der Waals surface area contributed by atoms with Gasteiger partial charge < -0.3 is 10.1 Å². The highest BCUT2D eigenvalue weighted by molar-refractivity contribution is 7.99. The van der Waals surface area contributed by atoms with Crippen LogP contribution in [-0.2, 0) is 17.9 Å². The molecule has 0 atom stereocenters. The molecular weight excluding hydrogens is 326 g/mol. The fourth-order valence-corrected chi connectivity index (χ4v) is 3.40. The molecule has 3 rings (SSSR count). The third-order valence-electron chi connectivity index (χ3n) is 3.09. The number of nitrogens with one attached hydrogen (secondary N) is 1. The van der Waals surface area contributed by atoms with E-state index >= 15 is 0 Å². The molecule has 0 unspecified atom stereocenters. The minimum atomic E-state index is 0.448. The standard InChI is InChI=1S/C17H17N3OS2/c1-21-12-16-19-17(23-20-16)18-11-13-7-9-15(10-8-13)22-14-5-3-2-4-6-14/h2-10H,11-12H2,1H3,(H,18,19,20). The lowest BCUT2D eigenvalue weighted by molar-refractivity contribution is 0.179. The first-order valence-electron chi connectivity index (χ1n) is 7.21. The summed E-state index contributed by atoms with van der Waals surface area (Å²) < 4.78 is 9.24. The van der Waals surface area contributed by atoms with E-state index in [4.69, 9.17) is 4.74 Å². The molecule has 4 nitrogen and oxygen atoms in total. The molecule has 0 spiro atoms. The minimum Gasteiger partial charge on any atom is -0.377 e. The lowest BCUT2D eigenvalue weighted by Gasteiger charge is -2.05. The number of ether oxygens (including phenoxy) is 1. The Labute approximate surface area is 144 Å². The van der Waals surface area contributed by atoms with E-state index in [1.165, 1.54) is 26.9 Å². The van der Waals surface area contributed by atoms with Gasteiger partial charge in [0.2, 0.25) is 5.13 Å². The first kappa shape index (κ1) is 16.0. The molecule has 1 aromatic heterocycles. The third kappa shape index (κ3) is 4.79. The number of aromatic nitrogens is 2. The normalized spacial score (nSPS) is 10.7. The van der Waals surface area contributed by atoms with E-state index in [-0.39, 0.29) is 0 Å². The van der Waals surface area contributed by atoms with E-state index < -0.39 is 0 Å². The number of anilines is 1. The molecule has 0 radical (unpaired) electrons. The van der Waals surface area contributed by atoms with Crippen molar-refractivity contribution in [2.24, 2.45) is 0 Å². The van der Waals surface area contributed by atoms with Crippen molar-refractivity contribution in [3.05, 3.63) is 66.0 Å². The number of benzene rings is 2. The Hall–Kier alpha value is -1.89. The fraction of sp³-hybridized carbons (Fsp3) is 0.176. The van der Waals surface area contributed by atoms with Gasteiger partial charge in [-0.25, -0.2) is 4.98 Å². The van der Waals surface area contributed by atoms with Gasteiger partial charge in [0, 0.05) is 35.0 Å². The predicted octanol–water partition coefficient (Wildman–Crippen LogP) is 4.45. The van der Waals surface area contributed by atoms with Crippen LogP contribution in [0.1, 0.15) is 11.4 Å². The number of nitrogens with zero attached hydrogens (tertiary/aromatic N) is 2. The lowest BCUT2D eigenvalue weighted by Crippen LogP contribution is -1.99. The van der Waals surface area contributed by atoms with Gasteiger partial charge in [0.05, 0.1) is 0 Å². The molecule has 0 saturated heterocycles. The molecule has 0 bridgehead atoms. The fourth-order valence-electron chi connectivity index (χ4n) is 1.99. The summed E-state index contributed by atoms with van der Waals surface area (Å²) in [5.74, 6) is 0.717. The topological polar surface area (TPSA) is 47.0 Å². The summed E-state index contributed by atoms with van der Waals surface area (Å²) in [6.45, 7) is 1.18. The molecule has 1 heterocycles. The first-order chi connectivity index (χ1) is 11.3. The Bertz CT molecular complexity index is 729. The van der Waals surface area contributed by atoms with E-state index in [2.05, 4.69) is 63.2 Å². The zero-order valence-corrected chi connectivity index (χ0v) is 14.4. The summed E-state index contributed by atoms with van der Waals surface area (Å²) in [5.41, 5.74) is 1.21. The second kappa shape index (κ2) is 8.10. The summed E-state index contributed by atoms with van der Waals surface area (Å²) in [5, 5.41) is 4.11. The minimum absolute atomic E-state index is 0.448. The maximum atomic E-state index is 5.02. The van der Waals surface area contributed by atoms with Crippen molar-refractivity contribution >= 4 is 28.4 Å². The molecule has 2 aromatic carbocycles. The average molecular weight is 343 g/mol. The van der Waals surface area contributed by atoms with Crippen molar-refractivity contribution in [1.29, 1.82) is 0 Å². The van der Waals surface area contributed by atoms with Crippen molar-refractivity contribution in [3.8, 4) is 0 Å². The summed E-state index contributed by atoms with van der Waals surface area (Å²) in [6.07, 6.45) is 0. The van der Waals surface area contributed by atoms with Crippen LogP contribution in [0.2, 0.25) is 0 Å². The molecule has 0 saturated carbocycles. The monoisotopic (exact) mass is 343 g/mol. The van der Waals surface area contributed by atoms with Crippen molar-refractivity contribution < 1.29 is 4.74 Å². The van der Waals surface area contributed by atoms with Crippen LogP contribution in [0.4, 0.5) is 5.13 Å². The smallest absolute Gasteiger partial charge is 0.202 e. The molecule has 0 aliphatic heterocycles. The Balaban J connectivity index is 1.54. The van der Waals surface area contributed by atoms with Crippen LogP contribution in [0, 0.1) is 0 Å². The van der Waals surface area contributed by atoms with Crippen molar-refractivity contribution in [3.63, 3.8) is 0 Å². The SMILES string of the molecule is COCc1nsc(NCc2ccc(Sc3ccccc3)cc2)n1. The van der Waals surface area contributed by atoms with Crippen LogP contribution in [0.25, 0.3) is 0 Å². The number of rotatable bonds is 7. The highest BCUT2D eigenvalue weighted by Gasteiger charge is 2.03. The summed E-state index contributed by atoms with van der Waals surface area (Å²) >= 11 is 3.12. The molecule has 3 aromatic rings. The van der Waals surface area contributed by atoms with Crippen LogP contribution < -0.4 is 5.32 Å². The predicted molar refractivity (Wildman–Crippen MR) is 95.0 cm³/mol. The molecule has 0 aliphatic rings. The molecule has 118 valence electrons. The van der Waals surface area contributed by atoms with Gasteiger partial charge in [0.15, 0.2) is 5.82 Å². The Morgan fingerprint density at radius 3 is 2.52 bits per heavy atom. The van der Waals surface area contributed by atoms with Crippen LogP contribution in [0.15, 0.2) is 64.4 Å². The molecule has 0 aliphatic carbocycles. The number of methoxy groups -OCH3 is 1. The molecule has 6 heteroatoms. The summed E-state index contributed by atoms with van der Waals surface area (Å²) in [4.78, 5) is 6.84. The largest absolute Gasteiger partial charge is 0.377 e. The van der Waals surface area contributed by atoms with Gasteiger partial charge >= 0.3 is 0 Å². The van der Waals surface area contributed by atoms with E-state index in [9.17, 15) is 0 Å². The maximum absolute atomic E-state index is 5.02. The van der Waals surface area contributed by atoms with E-state index in [1.54, 1.807) is 18.9 Å². The molecule has 1 N–H and O–H groups in total. The van der Waals surface area contributed by atoms with Crippen LogP contribution >= 0.6 is 23.3 Å². The molecule has 0 fully saturated rings. The highest BCUT2D eigenvalue weighted by Crippen LogP contribution is 2.27. The highest BCUT2D eigenvalue weighted by atomic mass is 32.2. The third-order valence-corrected chi connectivity index (χ3v) is 4.81. The number of hydrogen-bond acceptors (Lipinski definition) is 6. The lowest BCUT2D eigenvalue weighted by atomic mass is 10.2. The van der Waals surface area contributed by atoms with Gasteiger partial charge in [0.25, 0.3) is 0 Å². The van der Waals surface area contributed by atoms with Crippen LogP contribution in [0.3, 0.4) is 0 Å². The van der Waals surface area contributed by atoms with Gasteiger partial charge in [0.1, 0.15) is 6.61 Å². The van der Waals surface area contributed by atoms with Gasteiger partial charge in [-0.1, -0.05) is 42.1 Å². The second-order valence-corrected chi connectivity index (χ2v) is 6.76. The summed E-state index contributed by atoms with van der Waals surface area (Å²) in [7, 11) is 1.64. The van der Waals surface area contributed by atoms with Crippen LogP contribution in [0.5, 0.6) is 0 Å². The number of hydrogen-bond donors (Lipinski definition) is 1. The molecule has 0 amide bonds. The first-order valence-corrected chi connectivity index (χ1v) is 8.80. The van der Waals surface area contributed by atoms with E-state index in [0.29, 0.717) is 6.61 Å². The van der Waals surface area contributed by atoms with E-state index in [1.807, 2.05) is 6.07 Å².